The molecule has 5 nitrogen and oxygen atoms in total. The van der Waals surface area contributed by atoms with Crippen LogP contribution in [-0.4, -0.2) is 21.0 Å². The number of hydrogen-bond donors (Lipinski definition) is 1. The maximum absolute atomic E-state index is 10.9. The molecular formula is C11H8N2O3. The maximum Gasteiger partial charge on any atom is 0.339 e. The Balaban J connectivity index is 2.31. The fourth-order valence-electron chi connectivity index (χ4n) is 1.18. The van der Waals surface area contributed by atoms with Gasteiger partial charge >= 0.3 is 5.97 Å². The molecule has 1 N–H and O–H groups in total. The molecule has 0 saturated heterocycles. The highest BCUT2D eigenvalue weighted by Gasteiger charge is 2.10. The fourth-order valence-corrected chi connectivity index (χ4v) is 1.18. The van der Waals surface area contributed by atoms with Gasteiger partial charge in [0.05, 0.1) is 0 Å². The Hall–Kier alpha value is -2.43. The lowest BCUT2D eigenvalue weighted by atomic mass is 10.2. The van der Waals surface area contributed by atoms with Gasteiger partial charge in [-0.25, -0.2) is 14.8 Å². The highest BCUT2D eigenvalue weighted by atomic mass is 16.5. The molecule has 0 aliphatic heterocycles. The number of ether oxygens (including phenoxy) is 1. The molecule has 16 heavy (non-hydrogen) atoms. The van der Waals surface area contributed by atoms with Crippen LogP contribution in [0.25, 0.3) is 0 Å². The summed E-state index contributed by atoms with van der Waals surface area (Å²) in [5.41, 5.74) is 0.0983. The molecule has 2 rings (SSSR count). The van der Waals surface area contributed by atoms with Gasteiger partial charge in [0.25, 0.3) is 0 Å². The molecule has 0 aliphatic rings. The van der Waals surface area contributed by atoms with E-state index in [1.54, 1.807) is 24.3 Å². The predicted octanol–water partition coefficient (Wildman–Crippen LogP) is 1.97. The second-order valence-corrected chi connectivity index (χ2v) is 2.95. The zero-order valence-corrected chi connectivity index (χ0v) is 8.20. The van der Waals surface area contributed by atoms with Gasteiger partial charge in [0.15, 0.2) is 0 Å². The number of nitrogens with zero attached hydrogens (tertiary/aromatic N) is 2. The number of carboxylic acids is 1. The first-order chi connectivity index (χ1) is 7.77. The van der Waals surface area contributed by atoms with Crippen molar-refractivity contribution in [2.45, 2.75) is 0 Å². The maximum atomic E-state index is 10.9. The standard InChI is InChI=1S/C11H8N2O3/c14-11(15)8-3-1-2-4-9(8)16-10-5-6-12-7-13-10/h1-7H,(H,14,15). The van der Waals surface area contributed by atoms with E-state index >= 15 is 0 Å². The van der Waals surface area contributed by atoms with Crippen LogP contribution in [0.5, 0.6) is 11.6 Å². The third kappa shape index (κ3) is 2.14. The number of carbonyl (C=O) groups is 1. The summed E-state index contributed by atoms with van der Waals surface area (Å²) in [6.07, 6.45) is 2.85. The van der Waals surface area contributed by atoms with Crippen LogP contribution in [0.1, 0.15) is 10.4 Å². The monoisotopic (exact) mass is 216 g/mol. The number of rotatable bonds is 3. The van der Waals surface area contributed by atoms with Gasteiger partial charge in [-0.05, 0) is 12.1 Å². The molecular weight excluding hydrogens is 208 g/mol. The molecule has 0 aliphatic carbocycles. The SMILES string of the molecule is O=C(O)c1ccccc1Oc1ccncn1. The molecule has 0 spiro atoms. The lowest BCUT2D eigenvalue weighted by Crippen LogP contribution is -2.00. The van der Waals surface area contributed by atoms with Gasteiger partial charge in [-0.1, -0.05) is 12.1 Å². The van der Waals surface area contributed by atoms with Gasteiger partial charge in [0, 0.05) is 12.3 Å². The van der Waals surface area contributed by atoms with Crippen molar-refractivity contribution in [2.24, 2.45) is 0 Å². The minimum absolute atomic E-state index is 0.0983. The van der Waals surface area contributed by atoms with Crippen LogP contribution < -0.4 is 4.74 Å². The van der Waals surface area contributed by atoms with E-state index in [4.69, 9.17) is 9.84 Å². The van der Waals surface area contributed by atoms with E-state index in [1.165, 1.54) is 18.6 Å². The van der Waals surface area contributed by atoms with E-state index in [-0.39, 0.29) is 11.3 Å². The van der Waals surface area contributed by atoms with Crippen molar-refractivity contribution < 1.29 is 14.6 Å². The Morgan fingerprint density at radius 2 is 2.06 bits per heavy atom. The van der Waals surface area contributed by atoms with Gasteiger partial charge in [-0.2, -0.15) is 0 Å². The molecule has 5 heteroatoms. The van der Waals surface area contributed by atoms with Crippen molar-refractivity contribution in [3.8, 4) is 11.6 Å². The van der Waals surface area contributed by atoms with E-state index in [9.17, 15) is 4.79 Å². The summed E-state index contributed by atoms with van der Waals surface area (Å²) < 4.78 is 5.34. The molecule has 0 amide bonds. The smallest absolute Gasteiger partial charge is 0.339 e. The molecule has 0 bridgehead atoms. The van der Waals surface area contributed by atoms with E-state index in [2.05, 4.69) is 9.97 Å². The van der Waals surface area contributed by atoms with E-state index in [0.29, 0.717) is 5.88 Å². The topological polar surface area (TPSA) is 72.3 Å². The zero-order chi connectivity index (χ0) is 11.4. The Kier molecular flexibility index (Phi) is 2.77. The molecule has 0 atom stereocenters. The third-order valence-electron chi connectivity index (χ3n) is 1.89. The largest absolute Gasteiger partial charge is 0.478 e. The Morgan fingerprint density at radius 3 is 2.75 bits per heavy atom. The molecule has 1 aromatic carbocycles. The Bertz CT molecular complexity index is 500. The summed E-state index contributed by atoms with van der Waals surface area (Å²) in [7, 11) is 0. The molecule has 0 radical (unpaired) electrons. The van der Waals surface area contributed by atoms with Crippen molar-refractivity contribution in [3.63, 3.8) is 0 Å². The summed E-state index contributed by atoms with van der Waals surface area (Å²) >= 11 is 0. The molecule has 0 saturated carbocycles. The lowest BCUT2D eigenvalue weighted by Gasteiger charge is -2.06. The van der Waals surface area contributed by atoms with Gasteiger partial charge < -0.3 is 9.84 Å². The summed E-state index contributed by atoms with van der Waals surface area (Å²) in [6, 6.07) is 7.93. The minimum atomic E-state index is -1.04. The number of aromatic carboxylic acids is 1. The average molecular weight is 216 g/mol. The Labute approximate surface area is 91.4 Å². The highest BCUT2D eigenvalue weighted by molar-refractivity contribution is 5.90. The molecule has 2 aromatic rings. The Morgan fingerprint density at radius 1 is 1.25 bits per heavy atom. The van der Waals surface area contributed by atoms with Crippen LogP contribution in [0.3, 0.4) is 0 Å². The first-order valence-electron chi connectivity index (χ1n) is 4.53. The van der Waals surface area contributed by atoms with Gasteiger partial charge in [0.1, 0.15) is 17.6 Å². The first kappa shape index (κ1) is 10.1. The number of benzene rings is 1. The number of hydrogen-bond acceptors (Lipinski definition) is 4. The quantitative estimate of drug-likeness (QED) is 0.849. The van der Waals surface area contributed by atoms with Crippen LogP contribution >= 0.6 is 0 Å². The van der Waals surface area contributed by atoms with Crippen LogP contribution in [0.15, 0.2) is 42.9 Å². The summed E-state index contributed by atoms with van der Waals surface area (Å²) in [6.45, 7) is 0. The highest BCUT2D eigenvalue weighted by Crippen LogP contribution is 2.22. The summed E-state index contributed by atoms with van der Waals surface area (Å²) in [4.78, 5) is 18.5. The van der Waals surface area contributed by atoms with Crippen LogP contribution in [-0.2, 0) is 0 Å². The van der Waals surface area contributed by atoms with E-state index in [0.717, 1.165) is 0 Å². The fraction of sp³-hybridized carbons (Fsp3) is 0. The van der Waals surface area contributed by atoms with Crippen LogP contribution in [0, 0.1) is 0 Å². The van der Waals surface area contributed by atoms with E-state index in [1.807, 2.05) is 0 Å². The van der Waals surface area contributed by atoms with Gasteiger partial charge in [-0.15, -0.1) is 0 Å². The summed E-state index contributed by atoms with van der Waals surface area (Å²) in [5, 5.41) is 8.93. The van der Waals surface area contributed by atoms with Crippen LogP contribution in [0.4, 0.5) is 0 Å². The van der Waals surface area contributed by atoms with E-state index < -0.39 is 5.97 Å². The van der Waals surface area contributed by atoms with Crippen molar-refractivity contribution in [2.75, 3.05) is 0 Å². The number of para-hydroxylation sites is 1. The predicted molar refractivity (Wildman–Crippen MR) is 55.5 cm³/mol. The molecule has 0 unspecified atom stereocenters. The molecule has 1 aromatic heterocycles. The van der Waals surface area contributed by atoms with Gasteiger partial charge in [-0.3, -0.25) is 0 Å². The lowest BCUT2D eigenvalue weighted by molar-refractivity contribution is 0.0694. The van der Waals surface area contributed by atoms with Crippen molar-refractivity contribution >= 4 is 5.97 Å². The number of aromatic nitrogens is 2. The zero-order valence-electron chi connectivity index (χ0n) is 8.20. The van der Waals surface area contributed by atoms with Crippen molar-refractivity contribution in [1.29, 1.82) is 0 Å². The second kappa shape index (κ2) is 4.39. The first-order valence-corrected chi connectivity index (χ1v) is 4.53. The van der Waals surface area contributed by atoms with Crippen molar-refractivity contribution in [1.82, 2.24) is 9.97 Å². The minimum Gasteiger partial charge on any atom is -0.478 e. The molecule has 1 heterocycles. The summed E-state index contributed by atoms with van der Waals surface area (Å²) in [5.74, 6) is -0.470. The second-order valence-electron chi connectivity index (χ2n) is 2.95. The number of carboxylic acid groups (broad SMARTS) is 1. The molecule has 0 fully saturated rings. The molecule has 80 valence electrons. The average Bonchev–Trinajstić information content (AvgIpc) is 2.31. The van der Waals surface area contributed by atoms with Gasteiger partial charge in [0.2, 0.25) is 5.88 Å². The normalized spacial score (nSPS) is 9.75. The van der Waals surface area contributed by atoms with Crippen LogP contribution in [0.2, 0.25) is 0 Å². The third-order valence-corrected chi connectivity index (χ3v) is 1.89. The van der Waals surface area contributed by atoms with Crippen molar-refractivity contribution in [3.05, 3.63) is 48.4 Å².